The van der Waals surface area contributed by atoms with Crippen molar-refractivity contribution < 1.29 is 13.9 Å². The second kappa shape index (κ2) is 8.22. The monoisotopic (exact) mass is 480 g/mol. The molecule has 1 aromatic carbocycles. The van der Waals surface area contributed by atoms with Gasteiger partial charge in [-0.1, -0.05) is 11.6 Å². The van der Waals surface area contributed by atoms with Gasteiger partial charge < -0.3 is 9.64 Å². The van der Waals surface area contributed by atoms with E-state index < -0.39 is 5.82 Å². The highest BCUT2D eigenvalue weighted by atomic mass is 35.5. The SMILES string of the molecule is N#CCN1[C@H]2CC[C@H]1CC(Oc1cc(F)ccc1C(=O)N1Cc3nn4cc(Cl)cnc4c3C1)C2. The number of carbonyl (C=O) groups excluding carboxylic acids is 1. The molecule has 174 valence electrons. The van der Waals surface area contributed by atoms with Crippen LogP contribution in [-0.4, -0.2) is 55.0 Å². The fourth-order valence-electron chi connectivity index (χ4n) is 5.65. The van der Waals surface area contributed by atoms with Crippen LogP contribution in [0.25, 0.3) is 5.65 Å². The molecule has 0 radical (unpaired) electrons. The predicted molar refractivity (Wildman–Crippen MR) is 121 cm³/mol. The Balaban J connectivity index is 1.22. The van der Waals surface area contributed by atoms with Gasteiger partial charge in [0, 0.05) is 29.9 Å². The van der Waals surface area contributed by atoms with Crippen LogP contribution in [0.1, 0.15) is 47.3 Å². The lowest BCUT2D eigenvalue weighted by atomic mass is 9.99. The number of nitrogens with zero attached hydrogens (tertiary/aromatic N) is 6. The van der Waals surface area contributed by atoms with Crippen molar-refractivity contribution in [3.05, 3.63) is 58.3 Å². The molecule has 5 heterocycles. The molecule has 0 N–H and O–H groups in total. The van der Waals surface area contributed by atoms with E-state index in [4.69, 9.17) is 21.6 Å². The highest BCUT2D eigenvalue weighted by Crippen LogP contribution is 2.38. The molecule has 2 atom stereocenters. The fourth-order valence-corrected chi connectivity index (χ4v) is 5.79. The number of hydrogen-bond donors (Lipinski definition) is 0. The summed E-state index contributed by atoms with van der Waals surface area (Å²) in [6.07, 6.45) is 6.74. The van der Waals surface area contributed by atoms with Crippen LogP contribution < -0.4 is 4.74 Å². The van der Waals surface area contributed by atoms with Crippen LogP contribution in [0.15, 0.2) is 30.6 Å². The summed E-state index contributed by atoms with van der Waals surface area (Å²) in [5, 5.41) is 14.1. The Morgan fingerprint density at radius 3 is 2.82 bits per heavy atom. The van der Waals surface area contributed by atoms with E-state index in [1.807, 2.05) is 0 Å². The number of halogens is 2. The minimum Gasteiger partial charge on any atom is -0.489 e. The van der Waals surface area contributed by atoms with Crippen LogP contribution in [0.2, 0.25) is 5.02 Å². The van der Waals surface area contributed by atoms with E-state index in [1.165, 1.54) is 18.2 Å². The molecule has 2 saturated heterocycles. The minimum atomic E-state index is -0.445. The molecular weight excluding hydrogens is 459 g/mol. The molecule has 0 aliphatic carbocycles. The summed E-state index contributed by atoms with van der Waals surface area (Å²) in [6, 6.07) is 6.92. The molecule has 2 fully saturated rings. The summed E-state index contributed by atoms with van der Waals surface area (Å²) in [6.45, 7) is 1.12. The third kappa shape index (κ3) is 3.58. The molecule has 8 nitrogen and oxygen atoms in total. The normalized spacial score (nSPS) is 23.8. The maximum absolute atomic E-state index is 14.2. The molecule has 3 aliphatic rings. The largest absolute Gasteiger partial charge is 0.489 e. The van der Waals surface area contributed by atoms with Gasteiger partial charge in [0.05, 0.1) is 48.2 Å². The standard InChI is InChI=1S/C24H22ClFN6O2/c25-14-10-28-23-20-12-30(13-21(20)29-32(23)11-14)24(33)19-4-1-15(26)7-22(19)34-18-8-16-2-3-17(9-18)31(16)6-5-27/h1,4,7,10-11,16-18H,2-3,6,8-9,12-13H2/t16-,17-/m0/s1. The number of ether oxygens (including phenoxy) is 1. The van der Waals surface area contributed by atoms with E-state index in [-0.39, 0.29) is 17.8 Å². The average molecular weight is 481 g/mol. The van der Waals surface area contributed by atoms with Gasteiger partial charge in [0.2, 0.25) is 0 Å². The predicted octanol–water partition coefficient (Wildman–Crippen LogP) is 3.58. The van der Waals surface area contributed by atoms with Crippen molar-refractivity contribution in [2.45, 2.75) is 57.0 Å². The highest BCUT2D eigenvalue weighted by molar-refractivity contribution is 6.30. The lowest BCUT2D eigenvalue weighted by Gasteiger charge is -2.37. The Labute approximate surface area is 200 Å². The second-order valence-electron chi connectivity index (χ2n) is 9.19. The lowest BCUT2D eigenvalue weighted by Crippen LogP contribution is -2.46. The van der Waals surface area contributed by atoms with E-state index in [2.05, 4.69) is 21.1 Å². The number of piperidine rings is 1. The lowest BCUT2D eigenvalue weighted by molar-refractivity contribution is 0.0555. The Kier molecular flexibility index (Phi) is 5.15. The third-order valence-corrected chi connectivity index (χ3v) is 7.35. The minimum absolute atomic E-state index is 0.116. The first kappa shape index (κ1) is 21.3. The van der Waals surface area contributed by atoms with Crippen LogP contribution in [0, 0.1) is 17.1 Å². The Bertz CT molecular complexity index is 1320. The molecule has 6 rings (SSSR count). The maximum atomic E-state index is 14.2. The average Bonchev–Trinajstić information content (AvgIpc) is 3.42. The molecule has 34 heavy (non-hydrogen) atoms. The number of hydrogen-bond acceptors (Lipinski definition) is 6. The van der Waals surface area contributed by atoms with Crippen molar-refractivity contribution in [2.75, 3.05) is 6.54 Å². The summed E-state index contributed by atoms with van der Waals surface area (Å²) >= 11 is 6.01. The van der Waals surface area contributed by atoms with E-state index in [9.17, 15) is 9.18 Å². The molecule has 3 aliphatic heterocycles. The first-order valence-corrected chi connectivity index (χ1v) is 11.8. The molecule has 2 bridgehead atoms. The molecule has 0 unspecified atom stereocenters. The van der Waals surface area contributed by atoms with Crippen LogP contribution in [0.3, 0.4) is 0 Å². The summed E-state index contributed by atoms with van der Waals surface area (Å²) in [5.41, 5.74) is 2.67. The zero-order valence-corrected chi connectivity index (χ0v) is 19.1. The van der Waals surface area contributed by atoms with Crippen LogP contribution in [0.4, 0.5) is 4.39 Å². The molecule has 0 spiro atoms. The van der Waals surface area contributed by atoms with Gasteiger partial charge in [-0.3, -0.25) is 9.69 Å². The van der Waals surface area contributed by atoms with Gasteiger partial charge in [0.15, 0.2) is 5.65 Å². The van der Waals surface area contributed by atoms with Crippen LogP contribution in [0.5, 0.6) is 5.75 Å². The van der Waals surface area contributed by atoms with Gasteiger partial charge in [-0.2, -0.15) is 10.4 Å². The van der Waals surface area contributed by atoms with Crippen LogP contribution in [-0.2, 0) is 13.1 Å². The van der Waals surface area contributed by atoms with Gasteiger partial charge in [0.1, 0.15) is 17.7 Å². The number of nitriles is 1. The third-order valence-electron chi connectivity index (χ3n) is 7.16. The summed E-state index contributed by atoms with van der Waals surface area (Å²) < 4.78 is 22.0. The van der Waals surface area contributed by atoms with Crippen molar-refractivity contribution >= 4 is 23.2 Å². The zero-order valence-electron chi connectivity index (χ0n) is 18.3. The van der Waals surface area contributed by atoms with Gasteiger partial charge in [-0.05, 0) is 37.8 Å². The number of carbonyl (C=O) groups is 1. The highest BCUT2D eigenvalue weighted by Gasteiger charge is 2.41. The van der Waals surface area contributed by atoms with Gasteiger partial charge in [-0.25, -0.2) is 13.9 Å². The number of fused-ring (bicyclic) bond motifs is 5. The van der Waals surface area contributed by atoms with Crippen molar-refractivity contribution in [3.63, 3.8) is 0 Å². The van der Waals surface area contributed by atoms with Gasteiger partial charge in [0.25, 0.3) is 5.91 Å². The number of rotatable bonds is 4. The van der Waals surface area contributed by atoms with Crippen molar-refractivity contribution in [1.29, 1.82) is 5.26 Å². The number of amides is 1. The molecule has 10 heteroatoms. The maximum Gasteiger partial charge on any atom is 0.258 e. The van der Waals surface area contributed by atoms with E-state index in [1.54, 1.807) is 21.8 Å². The Morgan fingerprint density at radius 2 is 2.06 bits per heavy atom. The van der Waals surface area contributed by atoms with Gasteiger partial charge in [-0.15, -0.1) is 0 Å². The molecule has 1 amide bonds. The molecular formula is C24H22ClFN6O2. The Hall–Kier alpha value is -3.22. The Morgan fingerprint density at radius 1 is 1.26 bits per heavy atom. The summed E-state index contributed by atoms with van der Waals surface area (Å²) in [4.78, 5) is 21.7. The smallest absolute Gasteiger partial charge is 0.258 e. The first-order chi connectivity index (χ1) is 16.5. The van der Waals surface area contributed by atoms with Crippen molar-refractivity contribution in [2.24, 2.45) is 0 Å². The molecule has 3 aromatic rings. The van der Waals surface area contributed by atoms with E-state index in [0.29, 0.717) is 48.0 Å². The first-order valence-electron chi connectivity index (χ1n) is 11.4. The summed E-state index contributed by atoms with van der Waals surface area (Å²) in [5.74, 6) is -0.406. The number of benzene rings is 1. The van der Waals surface area contributed by atoms with Crippen LogP contribution >= 0.6 is 11.6 Å². The van der Waals surface area contributed by atoms with Gasteiger partial charge >= 0.3 is 0 Å². The fraction of sp³-hybridized carbons (Fsp3) is 0.417. The van der Waals surface area contributed by atoms with E-state index >= 15 is 0 Å². The quantitative estimate of drug-likeness (QED) is 0.530. The van der Waals surface area contributed by atoms with E-state index in [0.717, 1.165) is 36.9 Å². The number of aromatic nitrogens is 3. The molecule has 0 saturated carbocycles. The topological polar surface area (TPSA) is 86.8 Å². The molecule has 2 aromatic heterocycles. The summed E-state index contributed by atoms with van der Waals surface area (Å²) in [7, 11) is 0. The zero-order chi connectivity index (χ0) is 23.4. The van der Waals surface area contributed by atoms with Crippen molar-refractivity contribution in [3.8, 4) is 11.8 Å². The second-order valence-corrected chi connectivity index (χ2v) is 9.63. The van der Waals surface area contributed by atoms with Crippen molar-refractivity contribution in [1.82, 2.24) is 24.4 Å².